The molecule has 2 atom stereocenters. The average molecular weight is 412 g/mol. The molecule has 2 amide bonds. The van der Waals surface area contributed by atoms with Gasteiger partial charge in [-0.25, -0.2) is 9.78 Å². The van der Waals surface area contributed by atoms with Crippen molar-refractivity contribution in [2.24, 2.45) is 0 Å². The van der Waals surface area contributed by atoms with Crippen LogP contribution in [0.3, 0.4) is 0 Å². The number of carbonyl (C=O) groups excluding carboxylic acids is 2. The van der Waals surface area contributed by atoms with E-state index in [0.29, 0.717) is 37.1 Å². The summed E-state index contributed by atoms with van der Waals surface area (Å²) in [6.07, 6.45) is 3.25. The molecular weight excluding hydrogens is 382 g/mol. The van der Waals surface area contributed by atoms with Crippen molar-refractivity contribution in [2.75, 3.05) is 13.1 Å². The van der Waals surface area contributed by atoms with Crippen molar-refractivity contribution < 1.29 is 14.3 Å². The van der Waals surface area contributed by atoms with E-state index in [1.165, 1.54) is 0 Å². The van der Waals surface area contributed by atoms with Crippen LogP contribution < -0.4 is 10.6 Å². The van der Waals surface area contributed by atoms with E-state index in [1.54, 1.807) is 4.90 Å². The number of hydrogen-bond donors (Lipinski definition) is 3. The summed E-state index contributed by atoms with van der Waals surface area (Å²) in [6.45, 7) is 8.55. The smallest absolute Gasteiger partial charge is 0.410 e. The third-order valence-electron chi connectivity index (χ3n) is 4.91. The van der Waals surface area contributed by atoms with E-state index in [0.717, 1.165) is 18.5 Å². The van der Waals surface area contributed by atoms with Gasteiger partial charge >= 0.3 is 6.09 Å². The third kappa shape index (κ3) is 5.38. The molecule has 1 saturated heterocycles. The van der Waals surface area contributed by atoms with Crippen molar-refractivity contribution in [3.8, 4) is 0 Å². The standard InChI is InChI=1S/C19H30ClN5O3/c1-5-12-15(20)24-16(22-12)17(26)23-13-8-9-25(18(27)28-19(2,3)4)10-14(13)21-11-6-7-11/h11,13-14,21H,5-10H2,1-4H3,(H,22,24)(H,23,26)/t13-,14-/m1/s1. The number of rotatable bonds is 5. The Morgan fingerprint density at radius 2 is 2.00 bits per heavy atom. The van der Waals surface area contributed by atoms with Crippen LogP contribution in [0.4, 0.5) is 4.79 Å². The zero-order chi connectivity index (χ0) is 20.5. The predicted molar refractivity (Wildman–Crippen MR) is 107 cm³/mol. The van der Waals surface area contributed by atoms with Crippen LogP contribution in [0.1, 0.15) is 63.3 Å². The number of likely N-dealkylation sites (tertiary alicyclic amines) is 1. The van der Waals surface area contributed by atoms with E-state index in [9.17, 15) is 9.59 Å². The highest BCUT2D eigenvalue weighted by molar-refractivity contribution is 6.30. The van der Waals surface area contributed by atoms with Gasteiger partial charge in [-0.2, -0.15) is 0 Å². The highest BCUT2D eigenvalue weighted by atomic mass is 35.5. The largest absolute Gasteiger partial charge is 0.444 e. The van der Waals surface area contributed by atoms with Crippen LogP contribution in [-0.2, 0) is 11.2 Å². The van der Waals surface area contributed by atoms with E-state index in [1.807, 2.05) is 27.7 Å². The Hall–Kier alpha value is -1.80. The van der Waals surface area contributed by atoms with Crippen molar-refractivity contribution in [3.05, 3.63) is 16.7 Å². The highest BCUT2D eigenvalue weighted by Gasteiger charge is 2.37. The van der Waals surface area contributed by atoms with Crippen LogP contribution in [0.5, 0.6) is 0 Å². The number of H-pyrrole nitrogens is 1. The third-order valence-corrected chi connectivity index (χ3v) is 5.22. The number of hydrogen-bond acceptors (Lipinski definition) is 5. The van der Waals surface area contributed by atoms with E-state index >= 15 is 0 Å². The fraction of sp³-hybridized carbons (Fsp3) is 0.737. The Morgan fingerprint density at radius 3 is 2.57 bits per heavy atom. The van der Waals surface area contributed by atoms with Gasteiger partial charge in [0, 0.05) is 31.2 Å². The Balaban J connectivity index is 1.64. The minimum Gasteiger partial charge on any atom is -0.444 e. The predicted octanol–water partition coefficient (Wildman–Crippen LogP) is 2.49. The van der Waals surface area contributed by atoms with Gasteiger partial charge in [-0.3, -0.25) is 4.79 Å². The van der Waals surface area contributed by atoms with Crippen LogP contribution >= 0.6 is 11.6 Å². The number of halogens is 1. The van der Waals surface area contributed by atoms with Crippen LogP contribution in [-0.4, -0.2) is 63.7 Å². The fourth-order valence-corrected chi connectivity index (χ4v) is 3.57. The van der Waals surface area contributed by atoms with Gasteiger partial charge in [0.2, 0.25) is 0 Å². The minimum atomic E-state index is -0.531. The van der Waals surface area contributed by atoms with Gasteiger partial charge in [-0.1, -0.05) is 18.5 Å². The first-order chi connectivity index (χ1) is 13.2. The van der Waals surface area contributed by atoms with E-state index < -0.39 is 5.60 Å². The van der Waals surface area contributed by atoms with Gasteiger partial charge in [-0.05, 0) is 46.5 Å². The number of piperidine rings is 1. The van der Waals surface area contributed by atoms with Crippen LogP contribution in [0.15, 0.2) is 0 Å². The summed E-state index contributed by atoms with van der Waals surface area (Å²) in [7, 11) is 0. The highest BCUT2D eigenvalue weighted by Crippen LogP contribution is 2.23. The molecule has 9 heteroatoms. The van der Waals surface area contributed by atoms with Gasteiger partial charge in [0.25, 0.3) is 5.91 Å². The molecule has 1 aliphatic carbocycles. The first kappa shape index (κ1) is 20.9. The normalized spacial score (nSPS) is 22.8. The van der Waals surface area contributed by atoms with Crippen LogP contribution in [0.2, 0.25) is 5.15 Å². The van der Waals surface area contributed by atoms with Crippen molar-refractivity contribution in [3.63, 3.8) is 0 Å². The molecule has 0 aromatic carbocycles. The second-order valence-electron chi connectivity index (χ2n) is 8.55. The lowest BCUT2D eigenvalue weighted by Gasteiger charge is -2.39. The Labute approximate surface area is 170 Å². The number of imidazole rings is 1. The molecule has 0 bridgehead atoms. The number of amides is 2. The second-order valence-corrected chi connectivity index (χ2v) is 8.91. The summed E-state index contributed by atoms with van der Waals surface area (Å²) < 4.78 is 5.50. The SMILES string of the molecule is CCc1[nH]c(C(=O)N[C@@H]2CCN(C(=O)OC(C)(C)C)C[C@H]2NC2CC2)nc1Cl. The topological polar surface area (TPSA) is 99.4 Å². The number of aromatic nitrogens is 2. The Morgan fingerprint density at radius 1 is 1.29 bits per heavy atom. The molecule has 1 saturated carbocycles. The molecule has 2 heterocycles. The minimum absolute atomic E-state index is 0.0335. The molecule has 2 aliphatic rings. The molecular formula is C19H30ClN5O3. The molecule has 1 aromatic heterocycles. The average Bonchev–Trinajstić information content (AvgIpc) is 3.34. The maximum absolute atomic E-state index is 12.6. The molecule has 0 radical (unpaired) electrons. The van der Waals surface area contributed by atoms with Crippen molar-refractivity contribution in [2.45, 2.75) is 77.1 Å². The molecule has 3 rings (SSSR count). The van der Waals surface area contributed by atoms with E-state index in [-0.39, 0.29) is 29.9 Å². The zero-order valence-electron chi connectivity index (χ0n) is 17.0. The zero-order valence-corrected chi connectivity index (χ0v) is 17.7. The Kier molecular flexibility index (Phi) is 6.19. The first-order valence-corrected chi connectivity index (χ1v) is 10.3. The maximum atomic E-state index is 12.6. The van der Waals surface area contributed by atoms with Crippen LogP contribution in [0.25, 0.3) is 0 Å². The monoisotopic (exact) mass is 411 g/mol. The lowest BCUT2D eigenvalue weighted by Crippen LogP contribution is -2.61. The summed E-state index contributed by atoms with van der Waals surface area (Å²) in [4.78, 5) is 33.9. The summed E-state index contributed by atoms with van der Waals surface area (Å²) >= 11 is 6.05. The molecule has 156 valence electrons. The molecule has 3 N–H and O–H groups in total. The molecule has 1 aliphatic heterocycles. The van der Waals surface area contributed by atoms with Gasteiger partial charge in [0.15, 0.2) is 11.0 Å². The number of carbonyl (C=O) groups is 2. The Bertz CT molecular complexity index is 726. The number of aromatic amines is 1. The first-order valence-electron chi connectivity index (χ1n) is 9.95. The molecule has 28 heavy (non-hydrogen) atoms. The molecule has 2 fully saturated rings. The number of nitrogens with zero attached hydrogens (tertiary/aromatic N) is 2. The summed E-state index contributed by atoms with van der Waals surface area (Å²) in [6, 6.07) is 0.322. The quantitative estimate of drug-likeness (QED) is 0.691. The van der Waals surface area contributed by atoms with Crippen LogP contribution in [0, 0.1) is 0 Å². The van der Waals surface area contributed by atoms with Gasteiger partial charge < -0.3 is 25.3 Å². The molecule has 8 nitrogen and oxygen atoms in total. The summed E-state index contributed by atoms with van der Waals surface area (Å²) in [5.74, 6) is -0.0542. The van der Waals surface area contributed by atoms with Gasteiger partial charge in [-0.15, -0.1) is 0 Å². The molecule has 0 unspecified atom stereocenters. The van der Waals surface area contributed by atoms with Crippen molar-refractivity contribution in [1.82, 2.24) is 25.5 Å². The number of aryl methyl sites for hydroxylation is 1. The van der Waals surface area contributed by atoms with Crippen molar-refractivity contribution >= 4 is 23.6 Å². The summed E-state index contributed by atoms with van der Waals surface area (Å²) in [5.41, 5.74) is 0.219. The lowest BCUT2D eigenvalue weighted by molar-refractivity contribution is 0.0162. The van der Waals surface area contributed by atoms with E-state index in [4.69, 9.17) is 16.3 Å². The second kappa shape index (κ2) is 8.29. The van der Waals surface area contributed by atoms with E-state index in [2.05, 4.69) is 20.6 Å². The maximum Gasteiger partial charge on any atom is 0.410 e. The fourth-order valence-electron chi connectivity index (χ4n) is 3.31. The molecule has 0 spiro atoms. The number of nitrogens with one attached hydrogen (secondary N) is 3. The van der Waals surface area contributed by atoms with Gasteiger partial charge in [0.1, 0.15) is 5.60 Å². The number of ether oxygens (including phenoxy) is 1. The van der Waals surface area contributed by atoms with Gasteiger partial charge in [0.05, 0.1) is 5.69 Å². The van der Waals surface area contributed by atoms with Crippen molar-refractivity contribution in [1.29, 1.82) is 0 Å². The lowest BCUT2D eigenvalue weighted by atomic mass is 9.99. The molecule has 1 aromatic rings. The summed E-state index contributed by atoms with van der Waals surface area (Å²) in [5, 5.41) is 6.95.